The van der Waals surface area contributed by atoms with E-state index in [1.807, 2.05) is 52.8 Å². The number of aromatic nitrogens is 3. The number of hydrogen-bond donors (Lipinski definition) is 1. The molecule has 3 heterocycles. The number of carbonyl (C=O) groups is 2. The molecule has 0 spiro atoms. The number of ether oxygens (including phenoxy) is 2. The van der Waals surface area contributed by atoms with Gasteiger partial charge in [0.05, 0.1) is 36.6 Å². The van der Waals surface area contributed by atoms with E-state index in [1.165, 1.54) is 11.1 Å². The molecular weight excluding hydrogens is 484 g/mol. The van der Waals surface area contributed by atoms with Gasteiger partial charge in [-0.2, -0.15) is 0 Å². The van der Waals surface area contributed by atoms with Gasteiger partial charge in [-0.05, 0) is 76.9 Å². The summed E-state index contributed by atoms with van der Waals surface area (Å²) in [4.78, 5) is 40.7. The van der Waals surface area contributed by atoms with E-state index in [0.717, 1.165) is 29.0 Å². The number of pyridine rings is 1. The van der Waals surface area contributed by atoms with Gasteiger partial charge in [-0.25, -0.2) is 19.5 Å². The van der Waals surface area contributed by atoms with Crippen LogP contribution in [0.2, 0.25) is 0 Å². The molecule has 10 nitrogen and oxygen atoms in total. The second-order valence-electron chi connectivity index (χ2n) is 10.5. The van der Waals surface area contributed by atoms with Crippen molar-refractivity contribution < 1.29 is 19.1 Å². The normalized spacial score (nSPS) is 15.3. The van der Waals surface area contributed by atoms with Gasteiger partial charge in [0.1, 0.15) is 11.4 Å². The van der Waals surface area contributed by atoms with Crippen LogP contribution < -0.4 is 15.4 Å². The number of primary amides is 1. The molecular formula is C28H34N6O4. The molecule has 0 aliphatic carbocycles. The second-order valence-corrected chi connectivity index (χ2v) is 10.5. The lowest BCUT2D eigenvalue weighted by molar-refractivity contribution is 0.0284. The molecule has 2 aromatic heterocycles. The number of benzene rings is 1. The Morgan fingerprint density at radius 3 is 2.58 bits per heavy atom. The molecule has 0 radical (unpaired) electrons. The van der Waals surface area contributed by atoms with Crippen molar-refractivity contribution in [3.8, 4) is 17.0 Å². The number of rotatable bonds is 6. The second kappa shape index (κ2) is 11.0. The van der Waals surface area contributed by atoms with Crippen molar-refractivity contribution in [2.75, 3.05) is 24.6 Å². The van der Waals surface area contributed by atoms with E-state index in [0.29, 0.717) is 36.9 Å². The summed E-state index contributed by atoms with van der Waals surface area (Å²) in [7, 11) is 0. The van der Waals surface area contributed by atoms with Crippen LogP contribution in [0.4, 0.5) is 21.1 Å². The van der Waals surface area contributed by atoms with E-state index < -0.39 is 11.6 Å². The van der Waals surface area contributed by atoms with Crippen LogP contribution in [-0.2, 0) is 4.74 Å². The molecule has 0 bridgehead atoms. The van der Waals surface area contributed by atoms with E-state index in [1.54, 1.807) is 29.4 Å². The summed E-state index contributed by atoms with van der Waals surface area (Å²) in [6.45, 7) is 11.2. The van der Waals surface area contributed by atoms with Crippen molar-refractivity contribution in [2.45, 2.75) is 46.6 Å². The molecule has 1 saturated heterocycles. The fourth-order valence-corrected chi connectivity index (χ4v) is 4.21. The van der Waals surface area contributed by atoms with Gasteiger partial charge in [0.15, 0.2) is 5.82 Å². The van der Waals surface area contributed by atoms with Crippen LogP contribution in [0.15, 0.2) is 48.9 Å². The first-order chi connectivity index (χ1) is 18.0. The van der Waals surface area contributed by atoms with Crippen molar-refractivity contribution in [1.82, 2.24) is 19.9 Å². The van der Waals surface area contributed by atoms with E-state index in [4.69, 9.17) is 15.2 Å². The number of anilines is 2. The number of aryl methyl sites for hydroxylation is 2. The van der Waals surface area contributed by atoms with E-state index in [-0.39, 0.29) is 12.0 Å². The highest BCUT2D eigenvalue weighted by atomic mass is 16.6. The third-order valence-electron chi connectivity index (χ3n) is 6.11. The van der Waals surface area contributed by atoms with Gasteiger partial charge in [0, 0.05) is 30.3 Å². The highest BCUT2D eigenvalue weighted by Gasteiger charge is 2.30. The first kappa shape index (κ1) is 26.8. The maximum absolute atomic E-state index is 12.3. The Hall–Kier alpha value is -4.21. The van der Waals surface area contributed by atoms with Gasteiger partial charge in [-0.15, -0.1) is 0 Å². The fourth-order valence-electron chi connectivity index (χ4n) is 4.21. The van der Waals surface area contributed by atoms with E-state index >= 15 is 0 Å². The SMILES string of the molecule is Cc1ccc(N(C(N)=O)c2cncc(-c3ccc(OCC4CCN(C(=O)OC(C)(C)C)C4)c(C)c3)n2)cn1. The first-order valence-electron chi connectivity index (χ1n) is 12.6. The minimum Gasteiger partial charge on any atom is -0.493 e. The molecule has 3 aromatic rings. The molecule has 200 valence electrons. The number of amides is 3. The predicted octanol–water partition coefficient (Wildman–Crippen LogP) is 5.01. The highest BCUT2D eigenvalue weighted by molar-refractivity contribution is 5.97. The van der Waals surface area contributed by atoms with Crippen LogP contribution in [0.25, 0.3) is 11.3 Å². The standard InChI is InChI=1S/C28H34N6O4/c1-18-12-21(7-9-24(18)37-17-20-10-11-33(16-20)27(36)38-28(3,4)5)23-14-30-15-25(32-23)34(26(29)35)22-8-6-19(2)31-13-22/h6-9,12-15,20H,10-11,16-17H2,1-5H3,(H2,29,35). The maximum atomic E-state index is 12.3. The maximum Gasteiger partial charge on any atom is 0.410 e. The lowest BCUT2D eigenvalue weighted by Crippen LogP contribution is -2.35. The third kappa shape index (κ3) is 6.56. The zero-order chi connectivity index (χ0) is 27.4. The molecule has 1 fully saturated rings. The molecule has 1 aromatic carbocycles. The molecule has 1 aliphatic rings. The van der Waals surface area contributed by atoms with Gasteiger partial charge in [0.25, 0.3) is 0 Å². The van der Waals surface area contributed by atoms with Crippen molar-refractivity contribution in [3.05, 3.63) is 60.2 Å². The number of nitrogens with two attached hydrogens (primary N) is 1. The molecule has 10 heteroatoms. The van der Waals surface area contributed by atoms with Crippen molar-refractivity contribution in [2.24, 2.45) is 11.7 Å². The fraction of sp³-hybridized carbons (Fsp3) is 0.393. The number of likely N-dealkylation sites (tertiary alicyclic amines) is 1. The van der Waals surface area contributed by atoms with Crippen molar-refractivity contribution in [3.63, 3.8) is 0 Å². The summed E-state index contributed by atoms with van der Waals surface area (Å²) >= 11 is 0. The minimum absolute atomic E-state index is 0.236. The Kier molecular flexibility index (Phi) is 7.80. The minimum atomic E-state index is -0.681. The number of hydrogen-bond acceptors (Lipinski definition) is 7. The lowest BCUT2D eigenvalue weighted by Gasteiger charge is -2.24. The first-order valence-corrected chi connectivity index (χ1v) is 12.6. The summed E-state index contributed by atoms with van der Waals surface area (Å²) in [5.74, 6) is 1.30. The highest BCUT2D eigenvalue weighted by Crippen LogP contribution is 2.29. The average molecular weight is 519 g/mol. The van der Waals surface area contributed by atoms with Crippen LogP contribution in [-0.4, -0.2) is 57.3 Å². The van der Waals surface area contributed by atoms with E-state index in [2.05, 4.69) is 15.0 Å². The molecule has 3 amide bonds. The summed E-state index contributed by atoms with van der Waals surface area (Å²) in [6, 6.07) is 8.64. The van der Waals surface area contributed by atoms with Crippen LogP contribution in [0, 0.1) is 19.8 Å². The van der Waals surface area contributed by atoms with Gasteiger partial charge in [-0.3, -0.25) is 9.97 Å². The zero-order valence-electron chi connectivity index (χ0n) is 22.5. The predicted molar refractivity (Wildman–Crippen MR) is 144 cm³/mol. The summed E-state index contributed by atoms with van der Waals surface area (Å²) in [6.07, 6.45) is 5.28. The van der Waals surface area contributed by atoms with E-state index in [9.17, 15) is 9.59 Å². The Morgan fingerprint density at radius 2 is 1.92 bits per heavy atom. The van der Waals surface area contributed by atoms with Gasteiger partial charge in [0.2, 0.25) is 0 Å². The van der Waals surface area contributed by atoms with Crippen LogP contribution >= 0.6 is 0 Å². The molecule has 1 unspecified atom stereocenters. The number of nitrogens with zero attached hydrogens (tertiary/aromatic N) is 5. The molecule has 4 rings (SSSR count). The summed E-state index contributed by atoms with van der Waals surface area (Å²) in [5.41, 5.74) is 8.83. The third-order valence-corrected chi connectivity index (χ3v) is 6.11. The zero-order valence-corrected chi connectivity index (χ0v) is 22.5. The number of urea groups is 1. The molecule has 1 atom stereocenters. The molecule has 1 aliphatic heterocycles. The lowest BCUT2D eigenvalue weighted by atomic mass is 10.1. The quantitative estimate of drug-likeness (QED) is 0.486. The number of carbonyl (C=O) groups excluding carboxylic acids is 2. The summed E-state index contributed by atoms with van der Waals surface area (Å²) in [5, 5.41) is 0. The summed E-state index contributed by atoms with van der Waals surface area (Å²) < 4.78 is 11.6. The van der Waals surface area contributed by atoms with Crippen LogP contribution in [0.5, 0.6) is 5.75 Å². The molecule has 38 heavy (non-hydrogen) atoms. The topological polar surface area (TPSA) is 124 Å². The van der Waals surface area contributed by atoms with Gasteiger partial charge >= 0.3 is 12.1 Å². The Labute approximate surface area is 222 Å². The molecule has 2 N–H and O–H groups in total. The average Bonchev–Trinajstić information content (AvgIpc) is 3.33. The smallest absolute Gasteiger partial charge is 0.410 e. The molecule has 0 saturated carbocycles. The van der Waals surface area contributed by atoms with Gasteiger partial charge in [-0.1, -0.05) is 0 Å². The Bertz CT molecular complexity index is 1310. The van der Waals surface area contributed by atoms with Crippen LogP contribution in [0.3, 0.4) is 0 Å². The van der Waals surface area contributed by atoms with Crippen molar-refractivity contribution >= 4 is 23.6 Å². The Balaban J connectivity index is 1.43. The monoisotopic (exact) mass is 518 g/mol. The largest absolute Gasteiger partial charge is 0.493 e. The van der Waals surface area contributed by atoms with Crippen LogP contribution in [0.1, 0.15) is 38.4 Å². The Morgan fingerprint density at radius 1 is 1.13 bits per heavy atom. The van der Waals surface area contributed by atoms with Crippen molar-refractivity contribution in [1.29, 1.82) is 0 Å². The van der Waals surface area contributed by atoms with Gasteiger partial charge < -0.3 is 20.1 Å².